The van der Waals surface area contributed by atoms with Crippen LogP contribution in [0.4, 0.5) is 0 Å². The zero-order valence-corrected chi connectivity index (χ0v) is 7.53. The van der Waals surface area contributed by atoms with Crippen molar-refractivity contribution in [2.75, 3.05) is 0 Å². The highest BCUT2D eigenvalue weighted by Crippen LogP contribution is 2.66. The lowest BCUT2D eigenvalue weighted by Crippen LogP contribution is -2.74. The van der Waals surface area contributed by atoms with Gasteiger partial charge in [-0.25, -0.2) is 0 Å². The Labute approximate surface area is 77.1 Å². The van der Waals surface area contributed by atoms with Crippen LogP contribution in [0.1, 0.15) is 24.8 Å². The van der Waals surface area contributed by atoms with E-state index < -0.39 is 0 Å². The van der Waals surface area contributed by atoms with Crippen LogP contribution in [0.5, 0.6) is 0 Å². The first-order valence-corrected chi connectivity index (χ1v) is 4.01. The molecule has 66 valence electrons. The minimum Gasteiger partial charge on any atom is -0.325 e. The van der Waals surface area contributed by atoms with E-state index in [0.717, 1.165) is 0 Å². The van der Waals surface area contributed by atoms with E-state index in [1.807, 2.05) is 12.4 Å². The smallest absolute Gasteiger partial charge is 0.0524 e. The van der Waals surface area contributed by atoms with Crippen molar-refractivity contribution in [1.29, 1.82) is 0 Å². The van der Waals surface area contributed by atoms with Crippen LogP contribution in [0.2, 0.25) is 0 Å². The molecule has 0 atom stereocenters. The molecule has 3 nitrogen and oxygen atoms in total. The molecule has 0 aromatic carbocycles. The van der Waals surface area contributed by atoms with Crippen molar-refractivity contribution >= 4 is 12.4 Å². The van der Waals surface area contributed by atoms with Crippen LogP contribution in [0.25, 0.3) is 0 Å². The molecule has 1 aromatic heterocycles. The predicted molar refractivity (Wildman–Crippen MR) is 48.3 cm³/mol. The van der Waals surface area contributed by atoms with Gasteiger partial charge in [-0.2, -0.15) is 5.10 Å². The monoisotopic (exact) mass is 185 g/mol. The summed E-state index contributed by atoms with van der Waals surface area (Å²) in [7, 11) is 0. The van der Waals surface area contributed by atoms with Gasteiger partial charge in [-0.05, 0) is 24.8 Å². The maximum atomic E-state index is 5.95. The summed E-state index contributed by atoms with van der Waals surface area (Å²) in [5.74, 6) is 0. The van der Waals surface area contributed by atoms with Crippen LogP contribution in [0, 0.1) is 0 Å². The van der Waals surface area contributed by atoms with Gasteiger partial charge in [0.05, 0.1) is 6.20 Å². The minimum atomic E-state index is 0. The first-order valence-electron chi connectivity index (χ1n) is 4.01. The molecule has 4 heteroatoms. The highest BCUT2D eigenvalue weighted by Gasteiger charge is 2.66. The van der Waals surface area contributed by atoms with Crippen LogP contribution < -0.4 is 5.73 Å². The van der Waals surface area contributed by atoms with Gasteiger partial charge in [0.25, 0.3) is 0 Å². The second-order valence-electron chi connectivity index (χ2n) is 4.16. The molecule has 3 aliphatic rings. The zero-order chi connectivity index (χ0) is 7.53. The van der Waals surface area contributed by atoms with E-state index in [-0.39, 0.29) is 17.9 Å². The van der Waals surface area contributed by atoms with Crippen molar-refractivity contribution in [3.63, 3.8) is 0 Å². The molecule has 0 unspecified atom stereocenters. The third-order valence-electron chi connectivity index (χ3n) is 3.18. The number of nitrogens with two attached hydrogens (primary N) is 1. The summed E-state index contributed by atoms with van der Waals surface area (Å²) in [5.41, 5.74) is 7.94. The lowest BCUT2D eigenvalue weighted by atomic mass is 9.38. The number of aromatic nitrogens is 2. The van der Waals surface area contributed by atoms with Gasteiger partial charge in [-0.3, -0.25) is 5.10 Å². The summed E-state index contributed by atoms with van der Waals surface area (Å²) in [6.07, 6.45) is 7.43. The van der Waals surface area contributed by atoms with Crippen LogP contribution >= 0.6 is 12.4 Å². The molecule has 3 fully saturated rings. The maximum Gasteiger partial charge on any atom is 0.0524 e. The standard InChI is InChI=1S/C8H11N3.ClH/c9-8-3-7(4-8,5-8)6-1-10-11-2-6;/h1-2H,3-5,9H2,(H,10,11);1H. The topological polar surface area (TPSA) is 54.7 Å². The molecule has 12 heavy (non-hydrogen) atoms. The van der Waals surface area contributed by atoms with Crippen molar-refractivity contribution in [2.24, 2.45) is 5.73 Å². The van der Waals surface area contributed by atoms with Gasteiger partial charge in [0.1, 0.15) is 0 Å². The molecule has 2 bridgehead atoms. The second kappa shape index (κ2) is 2.03. The van der Waals surface area contributed by atoms with Crippen molar-refractivity contribution in [3.8, 4) is 0 Å². The fourth-order valence-corrected chi connectivity index (χ4v) is 2.71. The number of nitrogens with zero attached hydrogens (tertiary/aromatic N) is 1. The third-order valence-corrected chi connectivity index (χ3v) is 3.18. The van der Waals surface area contributed by atoms with E-state index in [2.05, 4.69) is 10.2 Å². The molecule has 0 spiro atoms. The van der Waals surface area contributed by atoms with Gasteiger partial charge in [0, 0.05) is 17.2 Å². The number of hydrogen-bond acceptors (Lipinski definition) is 2. The summed E-state index contributed by atoms with van der Waals surface area (Å²) in [6.45, 7) is 0. The van der Waals surface area contributed by atoms with E-state index in [4.69, 9.17) is 5.73 Å². The molecule has 0 amide bonds. The number of rotatable bonds is 1. The largest absolute Gasteiger partial charge is 0.325 e. The van der Waals surface area contributed by atoms with Crippen molar-refractivity contribution < 1.29 is 0 Å². The summed E-state index contributed by atoms with van der Waals surface area (Å²) < 4.78 is 0. The van der Waals surface area contributed by atoms with Gasteiger partial charge >= 0.3 is 0 Å². The zero-order valence-electron chi connectivity index (χ0n) is 6.71. The second-order valence-corrected chi connectivity index (χ2v) is 4.16. The van der Waals surface area contributed by atoms with Gasteiger partial charge in [-0.15, -0.1) is 12.4 Å². The Morgan fingerprint density at radius 1 is 1.42 bits per heavy atom. The molecule has 0 aliphatic heterocycles. The van der Waals surface area contributed by atoms with E-state index in [1.54, 1.807) is 0 Å². The van der Waals surface area contributed by atoms with Crippen molar-refractivity contribution in [3.05, 3.63) is 18.0 Å². The summed E-state index contributed by atoms with van der Waals surface area (Å²) >= 11 is 0. The van der Waals surface area contributed by atoms with E-state index >= 15 is 0 Å². The molecule has 4 rings (SSSR count). The first kappa shape index (κ1) is 8.08. The highest BCUT2D eigenvalue weighted by atomic mass is 35.5. The Hall–Kier alpha value is -0.540. The number of nitrogens with one attached hydrogen (secondary N) is 1. The molecule has 3 aliphatic carbocycles. The Balaban J connectivity index is 0.000000563. The molecular formula is C8H12ClN3. The summed E-state index contributed by atoms with van der Waals surface area (Å²) in [6, 6.07) is 0. The average molecular weight is 186 g/mol. The molecule has 0 radical (unpaired) electrons. The van der Waals surface area contributed by atoms with Crippen LogP contribution in [0.15, 0.2) is 12.4 Å². The number of H-pyrrole nitrogens is 1. The number of aromatic amines is 1. The van der Waals surface area contributed by atoms with E-state index in [9.17, 15) is 0 Å². The predicted octanol–water partition coefficient (Wildman–Crippen LogP) is 0.964. The normalized spacial score (nSPS) is 42.4. The van der Waals surface area contributed by atoms with Crippen LogP contribution in [-0.4, -0.2) is 15.7 Å². The summed E-state index contributed by atoms with van der Waals surface area (Å²) in [5, 5.41) is 6.80. The molecular weight excluding hydrogens is 174 g/mol. The fraction of sp³-hybridized carbons (Fsp3) is 0.625. The number of halogens is 1. The maximum absolute atomic E-state index is 5.95. The SMILES string of the molecule is Cl.NC12CC(c3cn[nH]c3)(C1)C2. The minimum absolute atomic E-state index is 0. The molecule has 0 saturated heterocycles. The lowest BCUT2D eigenvalue weighted by molar-refractivity contribution is -0.0589. The summed E-state index contributed by atoms with van der Waals surface area (Å²) in [4.78, 5) is 0. The van der Waals surface area contributed by atoms with Crippen molar-refractivity contribution in [1.82, 2.24) is 10.2 Å². The number of hydrogen-bond donors (Lipinski definition) is 2. The fourth-order valence-electron chi connectivity index (χ4n) is 2.71. The highest BCUT2D eigenvalue weighted by molar-refractivity contribution is 5.85. The third kappa shape index (κ3) is 0.730. The average Bonchev–Trinajstić information content (AvgIpc) is 2.28. The quantitative estimate of drug-likeness (QED) is 0.685. The van der Waals surface area contributed by atoms with Gasteiger partial charge < -0.3 is 5.73 Å². The van der Waals surface area contributed by atoms with Gasteiger partial charge in [0.15, 0.2) is 0 Å². The van der Waals surface area contributed by atoms with Gasteiger partial charge in [0.2, 0.25) is 0 Å². The molecule has 3 N–H and O–H groups in total. The van der Waals surface area contributed by atoms with Crippen molar-refractivity contribution in [2.45, 2.75) is 30.2 Å². The Kier molecular flexibility index (Phi) is 1.37. The lowest BCUT2D eigenvalue weighted by Gasteiger charge is -2.69. The Morgan fingerprint density at radius 2 is 2.08 bits per heavy atom. The van der Waals surface area contributed by atoms with E-state index in [0.29, 0.717) is 5.41 Å². The van der Waals surface area contributed by atoms with Crippen LogP contribution in [-0.2, 0) is 5.41 Å². The Morgan fingerprint density at radius 3 is 2.50 bits per heavy atom. The first-order chi connectivity index (χ1) is 5.23. The Bertz CT molecular complexity index is 273. The molecule has 3 saturated carbocycles. The molecule has 1 aromatic rings. The van der Waals surface area contributed by atoms with Crippen LogP contribution in [0.3, 0.4) is 0 Å². The van der Waals surface area contributed by atoms with E-state index in [1.165, 1.54) is 24.8 Å². The molecule has 1 heterocycles. The van der Waals surface area contributed by atoms with Gasteiger partial charge in [-0.1, -0.05) is 0 Å².